The van der Waals surface area contributed by atoms with Crippen LogP contribution in [0.4, 0.5) is 0 Å². The maximum absolute atomic E-state index is 11.9. The molecule has 17 heavy (non-hydrogen) atoms. The third kappa shape index (κ3) is 4.86. The maximum atomic E-state index is 11.9. The van der Waals surface area contributed by atoms with Crippen molar-refractivity contribution in [2.75, 3.05) is 0 Å². The van der Waals surface area contributed by atoms with Crippen molar-refractivity contribution in [2.45, 2.75) is 53.0 Å². The van der Waals surface area contributed by atoms with Crippen molar-refractivity contribution in [3.05, 3.63) is 16.1 Å². The second-order valence-corrected chi connectivity index (χ2v) is 5.63. The van der Waals surface area contributed by atoms with Crippen molar-refractivity contribution in [3.63, 3.8) is 0 Å². The summed E-state index contributed by atoms with van der Waals surface area (Å²) in [5.74, 6) is 0.357. The van der Waals surface area contributed by atoms with Crippen LogP contribution in [0.2, 0.25) is 0 Å². The van der Waals surface area contributed by atoms with E-state index in [2.05, 4.69) is 24.1 Å². The van der Waals surface area contributed by atoms with Crippen LogP contribution in [0.3, 0.4) is 0 Å². The summed E-state index contributed by atoms with van der Waals surface area (Å²) < 4.78 is 0. The molecule has 0 aliphatic heterocycles. The minimum atomic E-state index is 0.170. The predicted octanol–water partition coefficient (Wildman–Crippen LogP) is 3.28. The minimum Gasteiger partial charge on any atom is -0.351 e. The molecule has 0 aliphatic rings. The molecule has 1 heterocycles. The third-order valence-electron chi connectivity index (χ3n) is 2.88. The monoisotopic (exact) mass is 254 g/mol. The van der Waals surface area contributed by atoms with Crippen LogP contribution in [-0.2, 0) is 11.3 Å². The third-order valence-corrected chi connectivity index (χ3v) is 3.79. The van der Waals surface area contributed by atoms with Gasteiger partial charge in [-0.3, -0.25) is 4.79 Å². The highest BCUT2D eigenvalue weighted by molar-refractivity contribution is 7.11. The second-order valence-electron chi connectivity index (χ2n) is 4.31. The Balaban J connectivity index is 2.36. The number of amides is 1. The van der Waals surface area contributed by atoms with Gasteiger partial charge in [0.25, 0.3) is 0 Å². The molecule has 0 unspecified atom stereocenters. The lowest BCUT2D eigenvalue weighted by atomic mass is 9.98. The number of thiazole rings is 1. The number of nitrogens with one attached hydrogen (secondary N) is 1. The smallest absolute Gasteiger partial charge is 0.223 e. The molecule has 0 fully saturated rings. The van der Waals surface area contributed by atoms with Gasteiger partial charge in [-0.2, -0.15) is 0 Å². The molecule has 0 saturated heterocycles. The summed E-state index contributed by atoms with van der Waals surface area (Å²) in [6.07, 6.45) is 6.05. The van der Waals surface area contributed by atoms with Crippen molar-refractivity contribution in [2.24, 2.45) is 5.92 Å². The van der Waals surface area contributed by atoms with Crippen LogP contribution in [0.15, 0.2) is 6.20 Å². The number of aromatic nitrogens is 1. The Labute approximate surface area is 108 Å². The lowest BCUT2D eigenvalue weighted by molar-refractivity contribution is -0.125. The van der Waals surface area contributed by atoms with Crippen LogP contribution in [0.25, 0.3) is 0 Å². The molecular formula is C13H22N2OS. The Morgan fingerprint density at radius 1 is 1.53 bits per heavy atom. The number of carbonyl (C=O) groups is 1. The van der Waals surface area contributed by atoms with Gasteiger partial charge in [0.1, 0.15) is 0 Å². The normalized spacial score (nSPS) is 12.4. The van der Waals surface area contributed by atoms with Gasteiger partial charge in [-0.15, -0.1) is 11.3 Å². The Kier molecular flexibility index (Phi) is 6.19. The van der Waals surface area contributed by atoms with E-state index in [4.69, 9.17) is 0 Å². The Hall–Kier alpha value is -0.900. The molecule has 0 aliphatic carbocycles. The molecule has 1 amide bonds. The molecule has 1 aromatic heterocycles. The first kappa shape index (κ1) is 14.2. The van der Waals surface area contributed by atoms with Crippen molar-refractivity contribution < 1.29 is 4.79 Å². The first-order valence-electron chi connectivity index (χ1n) is 6.36. The van der Waals surface area contributed by atoms with Gasteiger partial charge < -0.3 is 5.32 Å². The highest BCUT2D eigenvalue weighted by Gasteiger charge is 2.15. The molecular weight excluding hydrogens is 232 g/mol. The Morgan fingerprint density at radius 3 is 2.82 bits per heavy atom. The molecule has 0 radical (unpaired) electrons. The highest BCUT2D eigenvalue weighted by atomic mass is 32.1. The first-order valence-corrected chi connectivity index (χ1v) is 7.18. The van der Waals surface area contributed by atoms with Gasteiger partial charge in [0, 0.05) is 17.0 Å². The zero-order chi connectivity index (χ0) is 12.7. The van der Waals surface area contributed by atoms with Gasteiger partial charge in [-0.05, 0) is 19.8 Å². The second kappa shape index (κ2) is 7.43. The van der Waals surface area contributed by atoms with Crippen LogP contribution in [-0.4, -0.2) is 10.9 Å². The summed E-state index contributed by atoms with van der Waals surface area (Å²) >= 11 is 1.64. The summed E-state index contributed by atoms with van der Waals surface area (Å²) in [7, 11) is 0. The number of hydrogen-bond donors (Lipinski definition) is 1. The fourth-order valence-electron chi connectivity index (χ4n) is 1.78. The zero-order valence-electron chi connectivity index (χ0n) is 11.0. The van der Waals surface area contributed by atoms with E-state index in [9.17, 15) is 4.79 Å². The van der Waals surface area contributed by atoms with E-state index in [1.165, 1.54) is 0 Å². The van der Waals surface area contributed by atoms with Crippen molar-refractivity contribution in [1.82, 2.24) is 10.3 Å². The summed E-state index contributed by atoms with van der Waals surface area (Å²) in [6.45, 7) is 6.83. The van der Waals surface area contributed by atoms with Crippen LogP contribution < -0.4 is 5.32 Å². The summed E-state index contributed by atoms with van der Waals surface area (Å²) in [4.78, 5) is 17.2. The maximum Gasteiger partial charge on any atom is 0.223 e. The lowest BCUT2D eigenvalue weighted by Crippen LogP contribution is -2.29. The van der Waals surface area contributed by atoms with Crippen LogP contribution in [0.5, 0.6) is 0 Å². The molecule has 1 atom stereocenters. The van der Waals surface area contributed by atoms with Crippen molar-refractivity contribution in [1.29, 1.82) is 0 Å². The summed E-state index contributed by atoms with van der Waals surface area (Å²) in [5.41, 5.74) is 0. The minimum absolute atomic E-state index is 0.170. The molecule has 0 bridgehead atoms. The standard InChI is InChI=1S/C13H22N2OS/c1-4-6-7-11(5-2)13(16)15-9-12-8-14-10(3)17-12/h8,11H,4-7,9H2,1-3H3,(H,15,16)/t11-/m0/s1. The van der Waals surface area contributed by atoms with E-state index >= 15 is 0 Å². The number of carbonyl (C=O) groups excluding carboxylic acids is 1. The van der Waals surface area contributed by atoms with Crippen LogP contribution in [0.1, 0.15) is 49.4 Å². The summed E-state index contributed by atoms with van der Waals surface area (Å²) in [5, 5.41) is 4.05. The average molecular weight is 254 g/mol. The van der Waals surface area contributed by atoms with Crippen molar-refractivity contribution in [3.8, 4) is 0 Å². The molecule has 3 nitrogen and oxygen atoms in total. The fraction of sp³-hybridized carbons (Fsp3) is 0.692. The predicted molar refractivity (Wildman–Crippen MR) is 72.0 cm³/mol. The van der Waals surface area contributed by atoms with Gasteiger partial charge in [0.15, 0.2) is 0 Å². The number of unbranched alkanes of at least 4 members (excludes halogenated alkanes) is 1. The van der Waals surface area contributed by atoms with E-state index in [1.54, 1.807) is 11.3 Å². The van der Waals surface area contributed by atoms with Crippen LogP contribution >= 0.6 is 11.3 Å². The van der Waals surface area contributed by atoms with E-state index in [0.717, 1.165) is 35.6 Å². The lowest BCUT2D eigenvalue weighted by Gasteiger charge is -2.13. The average Bonchev–Trinajstić information content (AvgIpc) is 2.73. The van der Waals surface area contributed by atoms with E-state index < -0.39 is 0 Å². The number of nitrogens with zero attached hydrogens (tertiary/aromatic N) is 1. The SMILES string of the molecule is CCCC[C@H](CC)C(=O)NCc1cnc(C)s1. The molecule has 1 aromatic rings. The van der Waals surface area contributed by atoms with Gasteiger partial charge in [-0.25, -0.2) is 4.98 Å². The first-order chi connectivity index (χ1) is 8.17. The molecule has 4 heteroatoms. The topological polar surface area (TPSA) is 42.0 Å². The molecule has 96 valence electrons. The van der Waals surface area contributed by atoms with Gasteiger partial charge in [-0.1, -0.05) is 26.7 Å². The quantitative estimate of drug-likeness (QED) is 0.811. The zero-order valence-corrected chi connectivity index (χ0v) is 11.8. The fourth-order valence-corrected chi connectivity index (χ4v) is 2.51. The van der Waals surface area contributed by atoms with Gasteiger partial charge in [0.05, 0.1) is 11.6 Å². The Bertz CT molecular complexity index is 349. The van der Waals surface area contributed by atoms with E-state index in [0.29, 0.717) is 6.54 Å². The van der Waals surface area contributed by atoms with Gasteiger partial charge >= 0.3 is 0 Å². The number of hydrogen-bond acceptors (Lipinski definition) is 3. The molecule has 0 saturated carbocycles. The summed E-state index contributed by atoms with van der Waals surface area (Å²) in [6, 6.07) is 0. The molecule has 1 N–H and O–H groups in total. The molecule has 0 spiro atoms. The Morgan fingerprint density at radius 2 is 2.29 bits per heavy atom. The van der Waals surface area contributed by atoms with E-state index in [-0.39, 0.29) is 11.8 Å². The number of aryl methyl sites for hydroxylation is 1. The molecule has 0 aromatic carbocycles. The highest BCUT2D eigenvalue weighted by Crippen LogP contribution is 2.14. The van der Waals surface area contributed by atoms with Crippen molar-refractivity contribution >= 4 is 17.2 Å². The number of rotatable bonds is 7. The molecule has 1 rings (SSSR count). The van der Waals surface area contributed by atoms with Gasteiger partial charge in [0.2, 0.25) is 5.91 Å². The van der Waals surface area contributed by atoms with Crippen LogP contribution in [0, 0.1) is 12.8 Å². The largest absolute Gasteiger partial charge is 0.351 e. The van der Waals surface area contributed by atoms with E-state index in [1.807, 2.05) is 13.1 Å².